The van der Waals surface area contributed by atoms with E-state index in [0.29, 0.717) is 5.56 Å². The van der Waals surface area contributed by atoms with Crippen LogP contribution in [-0.2, 0) is 9.63 Å². The van der Waals surface area contributed by atoms with Gasteiger partial charge in [-0.2, -0.15) is 8.78 Å². The first-order valence-electron chi connectivity index (χ1n) is 7.99. The molecule has 2 atom stereocenters. The standard InChI is InChI=1S/C17H22F2N2O3/c1-12-6-5-7-13(2)21(12)16(22)11-23-20-10-14-8-3-4-9-15(14)24-17(18)19/h3-4,8-10,12-13,17H,5-7,11H2,1-2H3/b20-10+. The van der Waals surface area contributed by atoms with Crippen LogP contribution in [0, 0.1) is 0 Å². The summed E-state index contributed by atoms with van der Waals surface area (Å²) in [4.78, 5) is 19.1. The number of amides is 1. The Bertz CT molecular complexity index is 571. The highest BCUT2D eigenvalue weighted by Crippen LogP contribution is 2.22. The summed E-state index contributed by atoms with van der Waals surface area (Å²) in [6.45, 7) is 0.955. The third kappa shape index (κ3) is 4.91. The third-order valence-electron chi connectivity index (χ3n) is 4.07. The molecule has 0 radical (unpaired) electrons. The molecule has 24 heavy (non-hydrogen) atoms. The largest absolute Gasteiger partial charge is 0.434 e. The lowest BCUT2D eigenvalue weighted by molar-refractivity contribution is -0.142. The molecule has 5 nitrogen and oxygen atoms in total. The first-order chi connectivity index (χ1) is 11.5. The number of alkyl halides is 2. The molecular weight excluding hydrogens is 318 g/mol. The number of hydrogen-bond donors (Lipinski definition) is 0. The molecule has 1 aromatic rings. The number of carbonyl (C=O) groups excluding carboxylic acids is 1. The van der Waals surface area contributed by atoms with Crippen molar-refractivity contribution in [3.05, 3.63) is 29.8 Å². The fraction of sp³-hybridized carbons (Fsp3) is 0.529. The van der Waals surface area contributed by atoms with Gasteiger partial charge < -0.3 is 14.5 Å². The van der Waals surface area contributed by atoms with E-state index < -0.39 is 6.61 Å². The van der Waals surface area contributed by atoms with E-state index >= 15 is 0 Å². The van der Waals surface area contributed by atoms with E-state index in [1.807, 2.05) is 18.7 Å². The molecule has 0 aliphatic carbocycles. The summed E-state index contributed by atoms with van der Waals surface area (Å²) >= 11 is 0. The number of nitrogens with zero attached hydrogens (tertiary/aromatic N) is 2. The maximum Gasteiger partial charge on any atom is 0.387 e. The second-order valence-corrected chi connectivity index (χ2v) is 5.85. The summed E-state index contributed by atoms with van der Waals surface area (Å²) in [5, 5.41) is 3.70. The van der Waals surface area contributed by atoms with Gasteiger partial charge in [0.05, 0.1) is 6.21 Å². The van der Waals surface area contributed by atoms with Crippen molar-refractivity contribution >= 4 is 12.1 Å². The molecule has 1 aliphatic heterocycles. The number of piperidine rings is 1. The first-order valence-corrected chi connectivity index (χ1v) is 7.99. The van der Waals surface area contributed by atoms with Gasteiger partial charge in [-0.1, -0.05) is 17.3 Å². The first kappa shape index (κ1) is 18.2. The van der Waals surface area contributed by atoms with Gasteiger partial charge in [-0.3, -0.25) is 4.79 Å². The lowest BCUT2D eigenvalue weighted by atomic mass is 9.97. The molecule has 0 saturated carbocycles. The molecule has 132 valence electrons. The van der Waals surface area contributed by atoms with Crippen molar-refractivity contribution in [2.45, 2.75) is 51.8 Å². The Labute approximate surface area is 140 Å². The summed E-state index contributed by atoms with van der Waals surface area (Å²) in [5.41, 5.74) is 0.352. The fourth-order valence-electron chi connectivity index (χ4n) is 2.96. The van der Waals surface area contributed by atoms with Crippen LogP contribution >= 0.6 is 0 Å². The van der Waals surface area contributed by atoms with Crippen molar-refractivity contribution in [2.75, 3.05) is 6.61 Å². The number of carbonyl (C=O) groups is 1. The van der Waals surface area contributed by atoms with E-state index in [-0.39, 0.29) is 30.3 Å². The Morgan fingerprint density at radius 3 is 2.67 bits per heavy atom. The van der Waals surface area contributed by atoms with Crippen LogP contribution in [0.4, 0.5) is 8.78 Å². The van der Waals surface area contributed by atoms with Crippen molar-refractivity contribution in [1.82, 2.24) is 4.90 Å². The smallest absolute Gasteiger partial charge is 0.387 e. The molecule has 1 saturated heterocycles. The lowest BCUT2D eigenvalue weighted by Crippen LogP contribution is -2.48. The van der Waals surface area contributed by atoms with E-state index in [0.717, 1.165) is 19.3 Å². The number of rotatable bonds is 6. The van der Waals surface area contributed by atoms with Crippen LogP contribution < -0.4 is 4.74 Å². The van der Waals surface area contributed by atoms with Gasteiger partial charge in [-0.15, -0.1) is 0 Å². The molecule has 0 bridgehead atoms. The summed E-state index contributed by atoms with van der Waals surface area (Å²) < 4.78 is 29.0. The maximum absolute atomic E-state index is 12.3. The minimum absolute atomic E-state index is 0.00412. The van der Waals surface area contributed by atoms with Crippen molar-refractivity contribution in [3.8, 4) is 5.75 Å². The Balaban J connectivity index is 1.89. The zero-order valence-corrected chi connectivity index (χ0v) is 13.8. The van der Waals surface area contributed by atoms with Crippen LogP contribution in [0.25, 0.3) is 0 Å². The summed E-state index contributed by atoms with van der Waals surface area (Å²) in [6.07, 6.45) is 4.34. The highest BCUT2D eigenvalue weighted by Gasteiger charge is 2.28. The number of ether oxygens (including phenoxy) is 1. The van der Waals surface area contributed by atoms with Gasteiger partial charge in [0.1, 0.15) is 5.75 Å². The van der Waals surface area contributed by atoms with Crippen LogP contribution in [0.3, 0.4) is 0 Å². The van der Waals surface area contributed by atoms with E-state index in [1.54, 1.807) is 18.2 Å². The van der Waals surface area contributed by atoms with E-state index in [9.17, 15) is 13.6 Å². The molecule has 0 aromatic heterocycles. The molecule has 0 N–H and O–H groups in total. The van der Waals surface area contributed by atoms with Crippen LogP contribution in [0.5, 0.6) is 5.75 Å². The zero-order valence-electron chi connectivity index (χ0n) is 13.8. The Morgan fingerprint density at radius 1 is 1.33 bits per heavy atom. The van der Waals surface area contributed by atoms with Gasteiger partial charge in [0.2, 0.25) is 0 Å². The van der Waals surface area contributed by atoms with Gasteiger partial charge in [-0.05, 0) is 45.2 Å². The third-order valence-corrected chi connectivity index (χ3v) is 4.07. The fourth-order valence-corrected chi connectivity index (χ4v) is 2.96. The highest BCUT2D eigenvalue weighted by atomic mass is 19.3. The predicted molar refractivity (Wildman–Crippen MR) is 86.2 cm³/mol. The lowest BCUT2D eigenvalue weighted by Gasteiger charge is -2.38. The highest BCUT2D eigenvalue weighted by molar-refractivity contribution is 5.83. The number of likely N-dealkylation sites (tertiary alicyclic amines) is 1. The minimum Gasteiger partial charge on any atom is -0.434 e. The average Bonchev–Trinajstić information content (AvgIpc) is 2.52. The molecule has 1 heterocycles. The second-order valence-electron chi connectivity index (χ2n) is 5.85. The van der Waals surface area contributed by atoms with Crippen LogP contribution in [0.15, 0.2) is 29.4 Å². The molecule has 7 heteroatoms. The van der Waals surface area contributed by atoms with Gasteiger partial charge >= 0.3 is 6.61 Å². The maximum atomic E-state index is 12.3. The SMILES string of the molecule is CC1CCCC(C)N1C(=O)CO/N=C/c1ccccc1OC(F)F. The Kier molecular flexibility index (Phi) is 6.52. The topological polar surface area (TPSA) is 51.1 Å². The Morgan fingerprint density at radius 2 is 2.00 bits per heavy atom. The molecule has 1 aromatic carbocycles. The monoisotopic (exact) mass is 340 g/mol. The van der Waals surface area contributed by atoms with Crippen molar-refractivity contribution < 1.29 is 23.1 Å². The van der Waals surface area contributed by atoms with Crippen molar-refractivity contribution in [3.63, 3.8) is 0 Å². The molecule has 2 rings (SSSR count). The van der Waals surface area contributed by atoms with Gasteiger partial charge in [0.25, 0.3) is 5.91 Å². The summed E-state index contributed by atoms with van der Waals surface area (Å²) in [6, 6.07) is 6.61. The van der Waals surface area contributed by atoms with E-state index in [4.69, 9.17) is 4.84 Å². The molecular formula is C17H22F2N2O3. The number of hydrogen-bond acceptors (Lipinski definition) is 4. The van der Waals surface area contributed by atoms with E-state index in [2.05, 4.69) is 9.89 Å². The second kappa shape index (κ2) is 8.61. The van der Waals surface area contributed by atoms with E-state index in [1.165, 1.54) is 12.3 Å². The summed E-state index contributed by atoms with van der Waals surface area (Å²) in [7, 11) is 0. The average molecular weight is 340 g/mol. The zero-order chi connectivity index (χ0) is 17.5. The van der Waals surface area contributed by atoms with Gasteiger partial charge in [0, 0.05) is 17.6 Å². The normalized spacial score (nSPS) is 21.3. The van der Waals surface area contributed by atoms with Gasteiger partial charge in [0.15, 0.2) is 6.61 Å². The minimum atomic E-state index is -2.91. The number of benzene rings is 1. The molecule has 2 unspecified atom stereocenters. The molecule has 1 aliphatic rings. The molecule has 1 amide bonds. The number of para-hydroxylation sites is 1. The van der Waals surface area contributed by atoms with Gasteiger partial charge in [-0.25, -0.2) is 0 Å². The van der Waals surface area contributed by atoms with Crippen molar-refractivity contribution in [2.24, 2.45) is 5.16 Å². The summed E-state index contributed by atoms with van der Waals surface area (Å²) in [5.74, 6) is -0.117. The van der Waals surface area contributed by atoms with Crippen LogP contribution in [0.2, 0.25) is 0 Å². The van der Waals surface area contributed by atoms with Crippen LogP contribution in [-0.4, -0.2) is 42.3 Å². The molecule has 1 fully saturated rings. The quantitative estimate of drug-likeness (QED) is 0.589. The predicted octanol–water partition coefficient (Wildman–Crippen LogP) is 3.43. The molecule has 0 spiro atoms. The van der Waals surface area contributed by atoms with Crippen molar-refractivity contribution in [1.29, 1.82) is 0 Å². The number of halogens is 2. The van der Waals surface area contributed by atoms with Crippen LogP contribution in [0.1, 0.15) is 38.7 Å². The number of oxime groups is 1. The Hall–Kier alpha value is -2.18.